The number of rotatable bonds is 4. The zero-order valence-electron chi connectivity index (χ0n) is 9.38. The number of hydrogen-bond donors (Lipinski definition) is 1. The van der Waals surface area contributed by atoms with Crippen LogP contribution in [0.5, 0.6) is 0 Å². The molecule has 0 saturated carbocycles. The first-order chi connectivity index (χ1) is 7.43. The molecular formula is C10H16F3N3. The second-order valence-electron chi connectivity index (χ2n) is 3.57. The zero-order valence-corrected chi connectivity index (χ0v) is 9.38. The lowest BCUT2D eigenvalue weighted by Gasteiger charge is -2.20. The van der Waals surface area contributed by atoms with Crippen LogP contribution < -0.4 is 5.73 Å². The average Bonchev–Trinajstić information content (AvgIpc) is 2.60. The van der Waals surface area contributed by atoms with Gasteiger partial charge < -0.3 is 5.73 Å². The van der Waals surface area contributed by atoms with Gasteiger partial charge in [-0.2, -0.15) is 18.3 Å². The van der Waals surface area contributed by atoms with Crippen LogP contribution in [0.4, 0.5) is 13.2 Å². The van der Waals surface area contributed by atoms with E-state index in [0.29, 0.717) is 24.2 Å². The van der Waals surface area contributed by atoms with Crippen molar-refractivity contribution in [3.8, 4) is 0 Å². The minimum atomic E-state index is -4.35. The van der Waals surface area contributed by atoms with E-state index in [1.165, 1.54) is 0 Å². The summed E-state index contributed by atoms with van der Waals surface area (Å²) < 4.78 is 39.1. The summed E-state index contributed by atoms with van der Waals surface area (Å²) in [5.41, 5.74) is 6.42. The molecule has 0 radical (unpaired) electrons. The highest BCUT2D eigenvalue weighted by Gasteiger charge is 2.41. The second kappa shape index (κ2) is 4.86. The van der Waals surface area contributed by atoms with Crippen molar-refractivity contribution in [3.63, 3.8) is 0 Å². The van der Waals surface area contributed by atoms with Gasteiger partial charge in [-0.05, 0) is 18.9 Å². The van der Waals surface area contributed by atoms with Gasteiger partial charge in [0.05, 0.1) is 5.69 Å². The zero-order chi connectivity index (χ0) is 12.3. The first kappa shape index (κ1) is 13.0. The third-order valence-electron chi connectivity index (χ3n) is 2.48. The Kier molecular flexibility index (Phi) is 3.96. The molecule has 1 aromatic rings. The fourth-order valence-corrected chi connectivity index (χ4v) is 1.57. The Labute approximate surface area is 92.4 Å². The number of alkyl halides is 3. The summed E-state index contributed by atoms with van der Waals surface area (Å²) in [7, 11) is 0. The van der Waals surface area contributed by atoms with Crippen molar-refractivity contribution in [1.29, 1.82) is 0 Å². The molecule has 1 rings (SSSR count). The van der Waals surface area contributed by atoms with Crippen molar-refractivity contribution in [2.75, 3.05) is 6.54 Å². The van der Waals surface area contributed by atoms with Gasteiger partial charge >= 0.3 is 6.18 Å². The Balaban J connectivity index is 3.13. The first-order valence-electron chi connectivity index (χ1n) is 5.28. The van der Waals surface area contributed by atoms with E-state index in [1.54, 1.807) is 13.0 Å². The molecular weight excluding hydrogens is 219 g/mol. The van der Waals surface area contributed by atoms with Gasteiger partial charge in [0.1, 0.15) is 0 Å². The van der Waals surface area contributed by atoms with E-state index in [2.05, 4.69) is 5.10 Å². The van der Waals surface area contributed by atoms with Crippen LogP contribution in [0.15, 0.2) is 6.07 Å². The number of halogens is 3. The summed E-state index contributed by atoms with van der Waals surface area (Å²) in [5, 5.41) is 3.95. The summed E-state index contributed by atoms with van der Waals surface area (Å²) >= 11 is 0. The Morgan fingerprint density at radius 2 is 2.00 bits per heavy atom. The van der Waals surface area contributed by atoms with E-state index in [0.717, 1.165) is 4.68 Å². The van der Waals surface area contributed by atoms with Crippen LogP contribution in [0.2, 0.25) is 0 Å². The fourth-order valence-electron chi connectivity index (χ4n) is 1.57. The number of nitrogens with two attached hydrogens (primary N) is 1. The molecule has 92 valence electrons. The van der Waals surface area contributed by atoms with E-state index in [9.17, 15) is 13.2 Å². The average molecular weight is 235 g/mol. The number of nitrogens with zero attached hydrogens (tertiary/aromatic N) is 2. The molecule has 1 atom stereocenters. The van der Waals surface area contributed by atoms with Crippen molar-refractivity contribution in [3.05, 3.63) is 17.5 Å². The van der Waals surface area contributed by atoms with E-state index in [4.69, 9.17) is 5.73 Å². The van der Waals surface area contributed by atoms with Crippen molar-refractivity contribution in [2.24, 2.45) is 5.73 Å². The van der Waals surface area contributed by atoms with E-state index in [1.807, 2.05) is 6.92 Å². The summed E-state index contributed by atoms with van der Waals surface area (Å²) in [5.74, 6) is 0. The third kappa shape index (κ3) is 2.55. The van der Waals surface area contributed by atoms with Gasteiger partial charge in [-0.15, -0.1) is 0 Å². The molecule has 0 spiro atoms. The van der Waals surface area contributed by atoms with E-state index >= 15 is 0 Å². The highest BCUT2D eigenvalue weighted by atomic mass is 19.4. The summed E-state index contributed by atoms with van der Waals surface area (Å²) in [6.07, 6.45) is -3.22. The molecule has 0 amide bonds. The van der Waals surface area contributed by atoms with Crippen LogP contribution in [0.25, 0.3) is 0 Å². The van der Waals surface area contributed by atoms with Crippen LogP contribution in [0.3, 0.4) is 0 Å². The lowest BCUT2D eigenvalue weighted by Crippen LogP contribution is -2.34. The Morgan fingerprint density at radius 1 is 1.38 bits per heavy atom. The molecule has 1 aromatic heterocycles. The Hall–Kier alpha value is -1.04. The number of aryl methyl sites for hydroxylation is 2. The van der Waals surface area contributed by atoms with Crippen LogP contribution in [-0.2, 0) is 12.8 Å². The predicted molar refractivity (Wildman–Crippen MR) is 55.1 cm³/mol. The SMILES string of the molecule is CCc1cc(CC)n(C(CN)C(F)(F)F)n1. The molecule has 1 unspecified atom stereocenters. The third-order valence-corrected chi connectivity index (χ3v) is 2.48. The van der Waals surface area contributed by atoms with E-state index in [-0.39, 0.29) is 0 Å². The standard InChI is InChI=1S/C10H16F3N3/c1-3-7-5-8(4-2)16(15-7)9(6-14)10(11,12)13/h5,9H,3-4,6,14H2,1-2H3. The largest absolute Gasteiger partial charge is 0.412 e. The lowest BCUT2D eigenvalue weighted by molar-refractivity contribution is -0.168. The number of hydrogen-bond acceptors (Lipinski definition) is 2. The highest BCUT2D eigenvalue weighted by molar-refractivity contribution is 5.11. The van der Waals surface area contributed by atoms with Crippen molar-refractivity contribution in [1.82, 2.24) is 9.78 Å². The molecule has 2 N–H and O–H groups in total. The molecule has 6 heteroatoms. The first-order valence-corrected chi connectivity index (χ1v) is 5.28. The molecule has 0 fully saturated rings. The molecule has 3 nitrogen and oxygen atoms in total. The van der Waals surface area contributed by atoms with Gasteiger partial charge in [0, 0.05) is 12.2 Å². The summed E-state index contributed by atoms with van der Waals surface area (Å²) in [6, 6.07) is -0.0169. The topological polar surface area (TPSA) is 43.8 Å². The molecule has 0 saturated heterocycles. The maximum absolute atomic E-state index is 12.7. The van der Waals surface area contributed by atoms with Crippen LogP contribution in [0, 0.1) is 0 Å². The van der Waals surface area contributed by atoms with Gasteiger partial charge in [0.2, 0.25) is 0 Å². The van der Waals surface area contributed by atoms with Gasteiger partial charge in [-0.1, -0.05) is 13.8 Å². The second-order valence-corrected chi connectivity index (χ2v) is 3.57. The number of aromatic nitrogens is 2. The molecule has 1 heterocycles. The smallest absolute Gasteiger partial charge is 0.328 e. The quantitative estimate of drug-likeness (QED) is 0.868. The molecule has 0 aliphatic rings. The molecule has 0 aliphatic heterocycles. The minimum Gasteiger partial charge on any atom is -0.328 e. The van der Waals surface area contributed by atoms with Crippen LogP contribution in [0.1, 0.15) is 31.3 Å². The van der Waals surface area contributed by atoms with Gasteiger partial charge in [0.25, 0.3) is 0 Å². The molecule has 0 aliphatic carbocycles. The van der Waals surface area contributed by atoms with Crippen LogP contribution in [-0.4, -0.2) is 22.5 Å². The highest BCUT2D eigenvalue weighted by Crippen LogP contribution is 2.30. The summed E-state index contributed by atoms with van der Waals surface area (Å²) in [4.78, 5) is 0. The maximum atomic E-state index is 12.7. The molecule has 0 aromatic carbocycles. The van der Waals surface area contributed by atoms with Gasteiger partial charge in [0.15, 0.2) is 6.04 Å². The lowest BCUT2D eigenvalue weighted by atomic mass is 10.2. The fraction of sp³-hybridized carbons (Fsp3) is 0.700. The van der Waals surface area contributed by atoms with Crippen molar-refractivity contribution < 1.29 is 13.2 Å². The van der Waals surface area contributed by atoms with Crippen molar-refractivity contribution in [2.45, 2.75) is 38.9 Å². The maximum Gasteiger partial charge on any atom is 0.412 e. The van der Waals surface area contributed by atoms with Gasteiger partial charge in [-0.25, -0.2) is 0 Å². The monoisotopic (exact) mass is 235 g/mol. The Bertz CT molecular complexity index is 344. The van der Waals surface area contributed by atoms with E-state index < -0.39 is 18.8 Å². The normalized spacial score (nSPS) is 14.1. The van der Waals surface area contributed by atoms with Crippen LogP contribution >= 0.6 is 0 Å². The predicted octanol–water partition coefficient (Wildman–Crippen LogP) is 2.07. The Morgan fingerprint density at radius 3 is 2.38 bits per heavy atom. The minimum absolute atomic E-state index is 0.485. The van der Waals surface area contributed by atoms with Crippen molar-refractivity contribution >= 4 is 0 Å². The summed E-state index contributed by atoms with van der Waals surface area (Å²) in [6.45, 7) is 3.18. The molecule has 0 bridgehead atoms. The molecule has 16 heavy (non-hydrogen) atoms. The van der Waals surface area contributed by atoms with Gasteiger partial charge in [-0.3, -0.25) is 4.68 Å².